The minimum Gasteiger partial charge on any atom is -0.366 e. The van der Waals surface area contributed by atoms with Gasteiger partial charge in [-0.05, 0) is 45.2 Å². The lowest BCUT2D eigenvalue weighted by molar-refractivity contribution is -0.177. The number of rotatable bonds is 2. The first kappa shape index (κ1) is 13.7. The summed E-state index contributed by atoms with van der Waals surface area (Å²) in [5.41, 5.74) is 1.60. The van der Waals surface area contributed by atoms with Crippen LogP contribution in [0.2, 0.25) is 0 Å². The summed E-state index contributed by atoms with van der Waals surface area (Å²) in [5, 5.41) is 13.7. The lowest BCUT2D eigenvalue weighted by Crippen LogP contribution is -2.36. The summed E-state index contributed by atoms with van der Waals surface area (Å²) < 4.78 is 38.6. The van der Waals surface area contributed by atoms with Gasteiger partial charge in [0.05, 0.1) is 5.92 Å². The van der Waals surface area contributed by atoms with Gasteiger partial charge in [0.25, 0.3) is 0 Å². The third-order valence-electron chi connectivity index (χ3n) is 4.29. The highest BCUT2D eigenvalue weighted by molar-refractivity contribution is 5.48. The van der Waals surface area contributed by atoms with Crippen LogP contribution in [0.15, 0.2) is 0 Å². The molecule has 1 atom stereocenters. The summed E-state index contributed by atoms with van der Waals surface area (Å²) in [4.78, 5) is 0. The zero-order valence-corrected chi connectivity index (χ0v) is 11.2. The maximum atomic E-state index is 12.9. The van der Waals surface area contributed by atoms with Crippen molar-refractivity contribution in [3.63, 3.8) is 0 Å². The lowest BCUT2D eigenvalue weighted by Gasteiger charge is -2.27. The van der Waals surface area contributed by atoms with Gasteiger partial charge in [-0.25, -0.2) is 0 Å². The number of aryl methyl sites for hydroxylation is 1. The van der Waals surface area contributed by atoms with E-state index in [1.165, 1.54) is 0 Å². The van der Waals surface area contributed by atoms with Crippen LogP contribution < -0.4 is 10.6 Å². The SMILES string of the molecule is FC(F)(F)C1CCc2[nH]nc(NC3CCNCC3)c2C1. The number of piperidine rings is 1. The van der Waals surface area contributed by atoms with E-state index in [0.29, 0.717) is 18.3 Å². The van der Waals surface area contributed by atoms with Crippen molar-refractivity contribution in [3.8, 4) is 0 Å². The average molecular weight is 288 g/mol. The maximum absolute atomic E-state index is 12.9. The molecule has 0 spiro atoms. The number of anilines is 1. The van der Waals surface area contributed by atoms with Crippen molar-refractivity contribution < 1.29 is 13.2 Å². The molecule has 0 bridgehead atoms. The Morgan fingerprint density at radius 1 is 1.15 bits per heavy atom. The number of fused-ring (bicyclic) bond motifs is 1. The van der Waals surface area contributed by atoms with Crippen LogP contribution in [-0.2, 0) is 12.8 Å². The molecule has 1 fully saturated rings. The van der Waals surface area contributed by atoms with Gasteiger partial charge in [-0.1, -0.05) is 0 Å². The summed E-state index contributed by atoms with van der Waals surface area (Å²) in [6.07, 6.45) is -1.52. The van der Waals surface area contributed by atoms with E-state index in [2.05, 4.69) is 20.8 Å². The molecule has 1 aliphatic carbocycles. The van der Waals surface area contributed by atoms with Crippen LogP contribution >= 0.6 is 0 Å². The molecule has 3 N–H and O–H groups in total. The number of halogens is 3. The molecular weight excluding hydrogens is 269 g/mol. The van der Waals surface area contributed by atoms with Gasteiger partial charge >= 0.3 is 6.18 Å². The molecule has 0 saturated carbocycles. The van der Waals surface area contributed by atoms with Gasteiger partial charge in [0.15, 0.2) is 5.82 Å². The van der Waals surface area contributed by atoms with Gasteiger partial charge in [0.2, 0.25) is 0 Å². The van der Waals surface area contributed by atoms with Crippen LogP contribution in [0.3, 0.4) is 0 Å². The van der Waals surface area contributed by atoms with Gasteiger partial charge in [-0.2, -0.15) is 18.3 Å². The Hall–Kier alpha value is -1.24. The smallest absolute Gasteiger partial charge is 0.366 e. The largest absolute Gasteiger partial charge is 0.392 e. The Bertz CT molecular complexity index is 463. The van der Waals surface area contributed by atoms with Gasteiger partial charge in [0.1, 0.15) is 0 Å². The summed E-state index contributed by atoms with van der Waals surface area (Å²) in [6.45, 7) is 1.88. The molecule has 1 aromatic heterocycles. The number of aromatic nitrogens is 2. The Morgan fingerprint density at radius 3 is 2.60 bits per heavy atom. The van der Waals surface area contributed by atoms with Crippen molar-refractivity contribution >= 4 is 5.82 Å². The van der Waals surface area contributed by atoms with Gasteiger partial charge in [-0.3, -0.25) is 5.10 Å². The first-order valence-corrected chi connectivity index (χ1v) is 7.14. The molecule has 1 saturated heterocycles. The minimum absolute atomic E-state index is 0.0443. The van der Waals surface area contributed by atoms with E-state index in [1.807, 2.05) is 0 Å². The van der Waals surface area contributed by atoms with Crippen molar-refractivity contribution in [1.29, 1.82) is 0 Å². The molecule has 1 unspecified atom stereocenters. The summed E-state index contributed by atoms with van der Waals surface area (Å²) in [7, 11) is 0. The highest BCUT2D eigenvalue weighted by atomic mass is 19.4. The Labute approximate surface area is 115 Å². The molecule has 3 rings (SSSR count). The molecule has 20 heavy (non-hydrogen) atoms. The highest BCUT2D eigenvalue weighted by Crippen LogP contribution is 2.38. The second-order valence-corrected chi connectivity index (χ2v) is 5.68. The molecule has 112 valence electrons. The van der Waals surface area contributed by atoms with Crippen molar-refractivity contribution in [2.75, 3.05) is 18.4 Å². The van der Waals surface area contributed by atoms with E-state index in [4.69, 9.17) is 0 Å². The quantitative estimate of drug-likeness (QED) is 0.782. The second kappa shape index (κ2) is 5.27. The molecule has 4 nitrogen and oxygen atoms in total. The van der Waals surface area contributed by atoms with Gasteiger partial charge in [0, 0.05) is 17.3 Å². The second-order valence-electron chi connectivity index (χ2n) is 5.68. The van der Waals surface area contributed by atoms with Crippen LogP contribution in [0.1, 0.15) is 30.5 Å². The zero-order valence-electron chi connectivity index (χ0n) is 11.2. The third-order valence-corrected chi connectivity index (χ3v) is 4.29. The Kier molecular flexibility index (Phi) is 3.62. The fraction of sp³-hybridized carbons (Fsp3) is 0.769. The number of nitrogens with one attached hydrogen (secondary N) is 3. The molecule has 1 aromatic rings. The fourth-order valence-corrected chi connectivity index (χ4v) is 3.05. The van der Waals surface area contributed by atoms with Crippen LogP contribution in [-0.4, -0.2) is 35.5 Å². The van der Waals surface area contributed by atoms with Crippen LogP contribution in [0, 0.1) is 5.92 Å². The monoisotopic (exact) mass is 288 g/mol. The van der Waals surface area contributed by atoms with E-state index in [0.717, 1.165) is 37.2 Å². The van der Waals surface area contributed by atoms with Crippen LogP contribution in [0.25, 0.3) is 0 Å². The topological polar surface area (TPSA) is 52.7 Å². The molecule has 0 aromatic carbocycles. The van der Waals surface area contributed by atoms with E-state index in [9.17, 15) is 13.2 Å². The highest BCUT2D eigenvalue weighted by Gasteiger charge is 2.42. The average Bonchev–Trinajstić information content (AvgIpc) is 2.82. The number of H-pyrrole nitrogens is 1. The van der Waals surface area contributed by atoms with Crippen LogP contribution in [0.4, 0.5) is 19.0 Å². The zero-order chi connectivity index (χ0) is 14.2. The Morgan fingerprint density at radius 2 is 1.90 bits per heavy atom. The third kappa shape index (κ3) is 2.77. The van der Waals surface area contributed by atoms with E-state index < -0.39 is 12.1 Å². The predicted molar refractivity (Wildman–Crippen MR) is 69.7 cm³/mol. The van der Waals surface area contributed by atoms with E-state index >= 15 is 0 Å². The first-order chi connectivity index (χ1) is 9.54. The number of alkyl halides is 3. The molecule has 1 aliphatic heterocycles. The summed E-state index contributed by atoms with van der Waals surface area (Å²) in [6, 6.07) is 0.301. The van der Waals surface area contributed by atoms with E-state index in [-0.39, 0.29) is 12.8 Å². The van der Waals surface area contributed by atoms with Gasteiger partial charge < -0.3 is 10.6 Å². The lowest BCUT2D eigenvalue weighted by atomic mass is 9.87. The Balaban J connectivity index is 1.73. The first-order valence-electron chi connectivity index (χ1n) is 7.14. The molecule has 7 heteroatoms. The van der Waals surface area contributed by atoms with Crippen molar-refractivity contribution in [2.45, 2.75) is 44.3 Å². The normalized spacial score (nSPS) is 24.4. The standard InChI is InChI=1S/C13H19F3N4/c14-13(15,16)8-1-2-11-10(7-8)12(20-19-11)18-9-3-5-17-6-4-9/h8-9,17H,1-7H2,(H2,18,19,20). The van der Waals surface area contributed by atoms with Crippen LogP contribution in [0.5, 0.6) is 0 Å². The number of hydrogen-bond acceptors (Lipinski definition) is 3. The number of hydrogen-bond donors (Lipinski definition) is 3. The maximum Gasteiger partial charge on any atom is 0.392 e. The number of aromatic amines is 1. The minimum atomic E-state index is -4.11. The van der Waals surface area contributed by atoms with E-state index in [1.54, 1.807) is 0 Å². The van der Waals surface area contributed by atoms with Gasteiger partial charge in [-0.15, -0.1) is 0 Å². The summed E-state index contributed by atoms with van der Waals surface area (Å²) in [5.74, 6) is -0.609. The van der Waals surface area contributed by atoms with Crippen molar-refractivity contribution in [3.05, 3.63) is 11.3 Å². The fourth-order valence-electron chi connectivity index (χ4n) is 3.05. The van der Waals surface area contributed by atoms with Crippen molar-refractivity contribution in [1.82, 2.24) is 15.5 Å². The van der Waals surface area contributed by atoms with Crippen molar-refractivity contribution in [2.24, 2.45) is 5.92 Å². The molecule has 0 amide bonds. The molecule has 2 heterocycles. The predicted octanol–water partition coefficient (Wildman–Crippen LogP) is 2.24. The summed E-state index contributed by atoms with van der Waals surface area (Å²) >= 11 is 0. The molecule has 0 radical (unpaired) electrons. The molecular formula is C13H19F3N4. The number of nitrogens with zero attached hydrogens (tertiary/aromatic N) is 1. The molecule has 2 aliphatic rings.